The molecule has 1 aromatic carbocycles. The smallest absolute Gasteiger partial charge is 0.321 e. The Kier molecular flexibility index (Phi) is 4.51. The Balaban J connectivity index is 1.71. The number of thiazole rings is 1. The van der Waals surface area contributed by atoms with E-state index in [0.717, 1.165) is 19.1 Å². The summed E-state index contributed by atoms with van der Waals surface area (Å²) >= 11 is 1.25. The number of urea groups is 1. The molecule has 3 rings (SSSR count). The highest BCUT2D eigenvalue weighted by molar-refractivity contribution is 7.90. The first-order chi connectivity index (χ1) is 10.9. The molecule has 2 amide bonds. The molecule has 0 spiro atoms. The number of carbonyl (C=O) groups excluding carboxylic acids is 1. The Bertz CT molecular complexity index is 826. The van der Waals surface area contributed by atoms with Gasteiger partial charge in [0.15, 0.2) is 15.0 Å². The summed E-state index contributed by atoms with van der Waals surface area (Å²) in [5.41, 5.74) is 0.656. The van der Waals surface area contributed by atoms with Gasteiger partial charge >= 0.3 is 6.03 Å². The topological polar surface area (TPSA) is 97.4 Å². The first kappa shape index (κ1) is 16.2. The number of benzene rings is 1. The zero-order valence-corrected chi connectivity index (χ0v) is 14.2. The van der Waals surface area contributed by atoms with Gasteiger partial charge in [0.05, 0.1) is 15.1 Å². The van der Waals surface area contributed by atoms with Crippen LogP contribution >= 0.6 is 11.3 Å². The van der Waals surface area contributed by atoms with Crippen LogP contribution in [0.15, 0.2) is 23.1 Å². The number of anilines is 1. The van der Waals surface area contributed by atoms with Crippen molar-refractivity contribution in [2.24, 2.45) is 0 Å². The van der Waals surface area contributed by atoms with Crippen LogP contribution < -0.4 is 10.6 Å². The van der Waals surface area contributed by atoms with Crippen molar-refractivity contribution in [2.75, 3.05) is 24.8 Å². The molecule has 1 fully saturated rings. The fraction of sp³-hybridized carbons (Fsp3) is 0.429. The van der Waals surface area contributed by atoms with Gasteiger partial charge in [-0.05, 0) is 31.0 Å². The molecule has 1 aliphatic rings. The van der Waals surface area contributed by atoms with E-state index in [1.54, 1.807) is 12.1 Å². The van der Waals surface area contributed by atoms with Crippen molar-refractivity contribution in [3.8, 4) is 0 Å². The number of ether oxygens (including phenoxy) is 1. The quantitative estimate of drug-likeness (QED) is 0.878. The summed E-state index contributed by atoms with van der Waals surface area (Å²) in [5, 5.41) is 6.03. The molecule has 0 unspecified atom stereocenters. The molecule has 0 radical (unpaired) electrons. The maximum Gasteiger partial charge on any atom is 0.321 e. The van der Waals surface area contributed by atoms with Crippen molar-refractivity contribution < 1.29 is 17.9 Å². The molecule has 0 aliphatic carbocycles. The van der Waals surface area contributed by atoms with Crippen molar-refractivity contribution in [1.82, 2.24) is 10.3 Å². The average Bonchev–Trinajstić information content (AvgIpc) is 2.88. The van der Waals surface area contributed by atoms with Crippen molar-refractivity contribution in [3.63, 3.8) is 0 Å². The molecule has 1 aromatic heterocycles. The Morgan fingerprint density at radius 3 is 2.78 bits per heavy atom. The number of aromatic nitrogens is 1. The number of hydrogen-bond donors (Lipinski definition) is 2. The molecule has 124 valence electrons. The highest BCUT2D eigenvalue weighted by Crippen LogP contribution is 2.28. The SMILES string of the molecule is CS(=O)(=O)c1ccc2nc(NC(=O)NC3CCOCC3)sc2c1. The lowest BCUT2D eigenvalue weighted by molar-refractivity contribution is 0.0806. The van der Waals surface area contributed by atoms with Gasteiger partial charge in [-0.2, -0.15) is 0 Å². The van der Waals surface area contributed by atoms with E-state index in [-0.39, 0.29) is 17.0 Å². The maximum absolute atomic E-state index is 12.0. The van der Waals surface area contributed by atoms with Crippen LogP contribution in [0.25, 0.3) is 10.2 Å². The second-order valence-electron chi connectivity index (χ2n) is 5.41. The highest BCUT2D eigenvalue weighted by atomic mass is 32.2. The van der Waals surface area contributed by atoms with Gasteiger partial charge in [0.2, 0.25) is 0 Å². The van der Waals surface area contributed by atoms with Crippen molar-refractivity contribution in [2.45, 2.75) is 23.8 Å². The lowest BCUT2D eigenvalue weighted by Gasteiger charge is -2.22. The maximum atomic E-state index is 12.0. The zero-order valence-electron chi connectivity index (χ0n) is 12.5. The summed E-state index contributed by atoms with van der Waals surface area (Å²) in [4.78, 5) is 16.5. The number of fused-ring (bicyclic) bond motifs is 1. The monoisotopic (exact) mass is 355 g/mol. The van der Waals surface area contributed by atoms with Gasteiger partial charge in [0.25, 0.3) is 0 Å². The van der Waals surface area contributed by atoms with Gasteiger partial charge < -0.3 is 10.1 Å². The Hall–Kier alpha value is -1.71. The lowest BCUT2D eigenvalue weighted by atomic mass is 10.1. The third-order valence-electron chi connectivity index (χ3n) is 3.57. The van der Waals surface area contributed by atoms with Crippen LogP contribution in [0.3, 0.4) is 0 Å². The van der Waals surface area contributed by atoms with E-state index in [0.29, 0.717) is 28.6 Å². The van der Waals surface area contributed by atoms with Gasteiger partial charge in [-0.1, -0.05) is 11.3 Å². The van der Waals surface area contributed by atoms with Gasteiger partial charge in [0, 0.05) is 25.5 Å². The van der Waals surface area contributed by atoms with Crippen molar-refractivity contribution in [3.05, 3.63) is 18.2 Å². The molecule has 1 aliphatic heterocycles. The summed E-state index contributed by atoms with van der Waals surface area (Å²) in [6.07, 6.45) is 2.76. The van der Waals surface area contributed by atoms with Gasteiger partial charge in [0.1, 0.15) is 0 Å². The van der Waals surface area contributed by atoms with Crippen LogP contribution in [0.5, 0.6) is 0 Å². The molecule has 2 aromatic rings. The van der Waals surface area contributed by atoms with Crippen LogP contribution in [0.2, 0.25) is 0 Å². The fourth-order valence-corrected chi connectivity index (χ4v) is 3.97. The van der Waals surface area contributed by atoms with E-state index < -0.39 is 9.84 Å². The molecule has 0 saturated carbocycles. The third kappa shape index (κ3) is 3.98. The fourth-order valence-electron chi connectivity index (χ4n) is 2.35. The summed E-state index contributed by atoms with van der Waals surface area (Å²) in [6, 6.07) is 4.53. The van der Waals surface area contributed by atoms with E-state index in [2.05, 4.69) is 15.6 Å². The van der Waals surface area contributed by atoms with Gasteiger partial charge in [-0.25, -0.2) is 18.2 Å². The van der Waals surface area contributed by atoms with Crippen LogP contribution in [0, 0.1) is 0 Å². The molecular formula is C14H17N3O4S2. The molecular weight excluding hydrogens is 338 g/mol. The first-order valence-electron chi connectivity index (χ1n) is 7.18. The molecule has 9 heteroatoms. The van der Waals surface area contributed by atoms with Crippen molar-refractivity contribution in [1.29, 1.82) is 0 Å². The van der Waals surface area contributed by atoms with Gasteiger partial charge in [-0.15, -0.1) is 0 Å². The minimum absolute atomic E-state index is 0.106. The zero-order chi connectivity index (χ0) is 16.4. The third-order valence-corrected chi connectivity index (χ3v) is 5.61. The van der Waals surface area contributed by atoms with Gasteiger partial charge in [-0.3, -0.25) is 5.32 Å². The Labute approximate surface area is 138 Å². The van der Waals surface area contributed by atoms with Crippen LogP contribution in [0.1, 0.15) is 12.8 Å². The first-order valence-corrected chi connectivity index (χ1v) is 9.88. The predicted molar refractivity (Wildman–Crippen MR) is 88.7 cm³/mol. The average molecular weight is 355 g/mol. The van der Waals surface area contributed by atoms with Crippen LogP contribution in [-0.4, -0.2) is 44.9 Å². The second kappa shape index (κ2) is 6.42. The molecule has 2 N–H and O–H groups in total. The minimum Gasteiger partial charge on any atom is -0.381 e. The number of rotatable bonds is 3. The predicted octanol–water partition coefficient (Wildman–Crippen LogP) is 2.00. The minimum atomic E-state index is -3.26. The number of nitrogens with zero attached hydrogens (tertiary/aromatic N) is 1. The van der Waals surface area contributed by atoms with Crippen molar-refractivity contribution >= 4 is 42.6 Å². The summed E-state index contributed by atoms with van der Waals surface area (Å²) < 4.78 is 29.1. The lowest BCUT2D eigenvalue weighted by Crippen LogP contribution is -2.41. The van der Waals surface area contributed by atoms with E-state index in [4.69, 9.17) is 4.74 Å². The summed E-state index contributed by atoms with van der Waals surface area (Å²) in [5.74, 6) is 0. The van der Waals surface area contributed by atoms with E-state index >= 15 is 0 Å². The summed E-state index contributed by atoms with van der Waals surface area (Å²) in [6.45, 7) is 1.31. The van der Waals surface area contributed by atoms with E-state index in [1.165, 1.54) is 17.4 Å². The molecule has 0 atom stereocenters. The number of hydrogen-bond acceptors (Lipinski definition) is 6. The second-order valence-corrected chi connectivity index (χ2v) is 8.45. The summed E-state index contributed by atoms with van der Waals surface area (Å²) in [7, 11) is -3.26. The molecule has 7 nitrogen and oxygen atoms in total. The number of amides is 2. The van der Waals surface area contributed by atoms with Crippen LogP contribution in [-0.2, 0) is 14.6 Å². The largest absolute Gasteiger partial charge is 0.381 e. The Morgan fingerprint density at radius 1 is 1.35 bits per heavy atom. The number of nitrogens with one attached hydrogen (secondary N) is 2. The molecule has 2 heterocycles. The number of sulfone groups is 1. The molecule has 23 heavy (non-hydrogen) atoms. The molecule has 0 bridgehead atoms. The standard InChI is InChI=1S/C14H17N3O4S2/c1-23(19,20)10-2-3-11-12(8-10)22-14(16-11)17-13(18)15-9-4-6-21-7-5-9/h2-3,8-9H,4-7H2,1H3,(H2,15,16,17,18). The van der Waals surface area contributed by atoms with E-state index in [9.17, 15) is 13.2 Å². The van der Waals surface area contributed by atoms with E-state index in [1.807, 2.05) is 0 Å². The normalized spacial score (nSPS) is 16.4. The molecule has 1 saturated heterocycles. The highest BCUT2D eigenvalue weighted by Gasteiger charge is 2.17. The van der Waals surface area contributed by atoms with Crippen LogP contribution in [0.4, 0.5) is 9.93 Å². The Morgan fingerprint density at radius 2 is 2.09 bits per heavy atom. The number of carbonyl (C=O) groups is 1.